The summed E-state index contributed by atoms with van der Waals surface area (Å²) < 4.78 is 0. The van der Waals surface area contributed by atoms with E-state index in [0.29, 0.717) is 0 Å². The summed E-state index contributed by atoms with van der Waals surface area (Å²) in [6.45, 7) is 6.24. The van der Waals surface area contributed by atoms with Gasteiger partial charge < -0.3 is 5.32 Å². The third-order valence-corrected chi connectivity index (χ3v) is 3.52. The minimum absolute atomic E-state index is 0.930. The second-order valence-electron chi connectivity index (χ2n) is 4.94. The molecule has 0 radical (unpaired) electrons. The standard InChI is InChI=1S/C18H23N/c1-3-15-5-9-17(10-6-15)13-19-14-18-11-7-16(4-2)8-12-18/h5-12,19H,3-4,13-14H2,1-2H3. The maximum absolute atomic E-state index is 3.49. The molecule has 0 heterocycles. The van der Waals surface area contributed by atoms with Gasteiger partial charge in [0.2, 0.25) is 0 Å². The van der Waals surface area contributed by atoms with Crippen LogP contribution in [0.1, 0.15) is 36.1 Å². The van der Waals surface area contributed by atoms with E-state index in [1.54, 1.807) is 0 Å². The summed E-state index contributed by atoms with van der Waals surface area (Å²) in [4.78, 5) is 0. The van der Waals surface area contributed by atoms with Gasteiger partial charge in [0, 0.05) is 13.1 Å². The molecule has 0 aromatic heterocycles. The van der Waals surface area contributed by atoms with Crippen molar-refractivity contribution < 1.29 is 0 Å². The van der Waals surface area contributed by atoms with E-state index in [1.165, 1.54) is 22.3 Å². The molecule has 2 aromatic rings. The molecule has 1 heteroatoms. The van der Waals surface area contributed by atoms with Crippen LogP contribution < -0.4 is 5.32 Å². The van der Waals surface area contributed by atoms with Crippen molar-refractivity contribution in [3.05, 3.63) is 70.8 Å². The Kier molecular flexibility index (Phi) is 5.17. The van der Waals surface area contributed by atoms with Gasteiger partial charge in [0.1, 0.15) is 0 Å². The number of hydrogen-bond acceptors (Lipinski definition) is 1. The summed E-state index contributed by atoms with van der Waals surface area (Å²) in [5, 5.41) is 3.49. The van der Waals surface area contributed by atoms with Crippen molar-refractivity contribution in [2.45, 2.75) is 39.8 Å². The lowest BCUT2D eigenvalue weighted by Crippen LogP contribution is -2.12. The van der Waals surface area contributed by atoms with Gasteiger partial charge in [-0.05, 0) is 35.1 Å². The first-order valence-electron chi connectivity index (χ1n) is 7.18. The van der Waals surface area contributed by atoms with E-state index < -0.39 is 0 Å². The maximum atomic E-state index is 3.49. The summed E-state index contributed by atoms with van der Waals surface area (Å²) in [7, 11) is 0. The summed E-state index contributed by atoms with van der Waals surface area (Å²) in [5.41, 5.74) is 5.50. The highest BCUT2D eigenvalue weighted by Gasteiger charge is 1.96. The molecule has 1 nitrogen and oxygen atoms in total. The molecule has 0 saturated heterocycles. The minimum atomic E-state index is 0.930. The molecule has 0 bridgehead atoms. The lowest BCUT2D eigenvalue weighted by molar-refractivity contribution is 0.693. The Morgan fingerprint density at radius 2 is 0.895 bits per heavy atom. The SMILES string of the molecule is CCc1ccc(CNCc2ccc(CC)cc2)cc1. The molecule has 19 heavy (non-hydrogen) atoms. The molecule has 2 aromatic carbocycles. The largest absolute Gasteiger partial charge is 0.309 e. The van der Waals surface area contributed by atoms with Gasteiger partial charge in [-0.2, -0.15) is 0 Å². The second kappa shape index (κ2) is 7.10. The van der Waals surface area contributed by atoms with Gasteiger partial charge in [-0.3, -0.25) is 0 Å². The van der Waals surface area contributed by atoms with E-state index in [9.17, 15) is 0 Å². The topological polar surface area (TPSA) is 12.0 Å². The fraction of sp³-hybridized carbons (Fsp3) is 0.333. The van der Waals surface area contributed by atoms with Crippen molar-refractivity contribution in [1.29, 1.82) is 0 Å². The first-order valence-corrected chi connectivity index (χ1v) is 7.18. The number of benzene rings is 2. The zero-order valence-corrected chi connectivity index (χ0v) is 11.9. The van der Waals surface area contributed by atoms with Crippen LogP contribution >= 0.6 is 0 Å². The van der Waals surface area contributed by atoms with E-state index in [4.69, 9.17) is 0 Å². The number of nitrogens with one attached hydrogen (secondary N) is 1. The maximum Gasteiger partial charge on any atom is 0.0208 e. The highest BCUT2D eigenvalue weighted by molar-refractivity contribution is 5.24. The Labute approximate surface area is 116 Å². The number of aryl methyl sites for hydroxylation is 2. The fourth-order valence-corrected chi connectivity index (χ4v) is 2.14. The van der Waals surface area contributed by atoms with Crippen molar-refractivity contribution in [3.8, 4) is 0 Å². The zero-order chi connectivity index (χ0) is 13.5. The van der Waals surface area contributed by atoms with Gasteiger partial charge in [0.25, 0.3) is 0 Å². The van der Waals surface area contributed by atoms with Crippen molar-refractivity contribution in [2.75, 3.05) is 0 Å². The van der Waals surface area contributed by atoms with Crippen LogP contribution in [0.2, 0.25) is 0 Å². The van der Waals surface area contributed by atoms with E-state index >= 15 is 0 Å². The Hall–Kier alpha value is -1.60. The Morgan fingerprint density at radius 3 is 1.21 bits per heavy atom. The van der Waals surface area contributed by atoms with Crippen LogP contribution in [-0.4, -0.2) is 0 Å². The van der Waals surface area contributed by atoms with Crippen molar-refractivity contribution >= 4 is 0 Å². The van der Waals surface area contributed by atoms with Gasteiger partial charge in [-0.15, -0.1) is 0 Å². The van der Waals surface area contributed by atoms with Crippen molar-refractivity contribution in [1.82, 2.24) is 5.32 Å². The predicted molar refractivity (Wildman–Crippen MR) is 82.2 cm³/mol. The molecule has 0 unspecified atom stereocenters. The normalized spacial score (nSPS) is 10.6. The molecular weight excluding hydrogens is 230 g/mol. The predicted octanol–water partition coefficient (Wildman–Crippen LogP) is 4.10. The lowest BCUT2D eigenvalue weighted by Gasteiger charge is -2.06. The first-order chi connectivity index (χ1) is 9.31. The van der Waals surface area contributed by atoms with Crippen LogP contribution in [0.4, 0.5) is 0 Å². The van der Waals surface area contributed by atoms with E-state index in [1.807, 2.05) is 0 Å². The number of hydrogen-bond donors (Lipinski definition) is 1. The van der Waals surface area contributed by atoms with Crippen LogP contribution in [0.15, 0.2) is 48.5 Å². The average Bonchev–Trinajstić information content (AvgIpc) is 2.49. The third-order valence-electron chi connectivity index (χ3n) is 3.52. The van der Waals surface area contributed by atoms with Crippen molar-refractivity contribution in [3.63, 3.8) is 0 Å². The molecule has 1 N–H and O–H groups in total. The molecule has 2 rings (SSSR count). The molecule has 0 amide bonds. The molecule has 100 valence electrons. The molecule has 0 aliphatic heterocycles. The average molecular weight is 253 g/mol. The quantitative estimate of drug-likeness (QED) is 0.817. The fourth-order valence-electron chi connectivity index (χ4n) is 2.14. The van der Waals surface area contributed by atoms with Crippen LogP contribution in [-0.2, 0) is 25.9 Å². The van der Waals surface area contributed by atoms with E-state index in [-0.39, 0.29) is 0 Å². The zero-order valence-electron chi connectivity index (χ0n) is 11.9. The minimum Gasteiger partial charge on any atom is -0.309 e. The van der Waals surface area contributed by atoms with Gasteiger partial charge in [0.05, 0.1) is 0 Å². The van der Waals surface area contributed by atoms with E-state index in [2.05, 4.69) is 67.7 Å². The monoisotopic (exact) mass is 253 g/mol. The number of rotatable bonds is 6. The highest BCUT2D eigenvalue weighted by atomic mass is 14.8. The Bertz CT molecular complexity index is 435. The van der Waals surface area contributed by atoms with Crippen molar-refractivity contribution in [2.24, 2.45) is 0 Å². The Balaban J connectivity index is 1.81. The van der Waals surface area contributed by atoms with Gasteiger partial charge in [0.15, 0.2) is 0 Å². The molecule has 0 fully saturated rings. The summed E-state index contributed by atoms with van der Waals surface area (Å²) in [6, 6.07) is 17.7. The molecule has 0 saturated carbocycles. The lowest BCUT2D eigenvalue weighted by atomic mass is 10.1. The highest BCUT2D eigenvalue weighted by Crippen LogP contribution is 2.07. The van der Waals surface area contributed by atoms with E-state index in [0.717, 1.165) is 25.9 Å². The molecule has 0 spiro atoms. The molecular formula is C18H23N. The van der Waals surface area contributed by atoms with Gasteiger partial charge in [-0.1, -0.05) is 62.4 Å². The van der Waals surface area contributed by atoms with Gasteiger partial charge in [-0.25, -0.2) is 0 Å². The summed E-state index contributed by atoms with van der Waals surface area (Å²) >= 11 is 0. The van der Waals surface area contributed by atoms with Crippen LogP contribution in [0, 0.1) is 0 Å². The third kappa shape index (κ3) is 4.22. The second-order valence-corrected chi connectivity index (χ2v) is 4.94. The summed E-state index contributed by atoms with van der Waals surface area (Å²) in [6.07, 6.45) is 2.22. The summed E-state index contributed by atoms with van der Waals surface area (Å²) in [5.74, 6) is 0. The Morgan fingerprint density at radius 1 is 0.579 bits per heavy atom. The smallest absolute Gasteiger partial charge is 0.0208 e. The van der Waals surface area contributed by atoms with Gasteiger partial charge >= 0.3 is 0 Å². The molecule has 0 aliphatic carbocycles. The van der Waals surface area contributed by atoms with Crippen LogP contribution in [0.25, 0.3) is 0 Å². The first kappa shape index (κ1) is 13.8. The van der Waals surface area contributed by atoms with Crippen LogP contribution in [0.5, 0.6) is 0 Å². The molecule has 0 atom stereocenters. The van der Waals surface area contributed by atoms with Crippen LogP contribution in [0.3, 0.4) is 0 Å². The molecule has 0 aliphatic rings.